The molecule has 2 aromatic carbocycles. The van der Waals surface area contributed by atoms with E-state index in [1.165, 1.54) is 0 Å². The molecule has 29 heavy (non-hydrogen) atoms. The third kappa shape index (κ3) is 4.06. The Morgan fingerprint density at radius 3 is 2.48 bits per heavy atom. The zero-order chi connectivity index (χ0) is 20.2. The molecule has 6 nitrogen and oxygen atoms in total. The average Bonchev–Trinajstić information content (AvgIpc) is 3.16. The summed E-state index contributed by atoms with van der Waals surface area (Å²) in [5.41, 5.74) is 2.62. The molecule has 2 amide bonds. The van der Waals surface area contributed by atoms with Crippen LogP contribution in [0.25, 0.3) is 11.3 Å². The SMILES string of the molecule is Cc1onc(-c2ccccc2)c1C(=O)N1CCCC(C(=O)Nc2ccccc2)C1. The number of likely N-dealkylation sites (tertiary alicyclic amines) is 1. The lowest BCUT2D eigenvalue weighted by molar-refractivity contribution is -0.121. The van der Waals surface area contributed by atoms with Gasteiger partial charge in [0.2, 0.25) is 5.91 Å². The Morgan fingerprint density at radius 1 is 1.07 bits per heavy atom. The molecule has 1 N–H and O–H groups in total. The summed E-state index contributed by atoms with van der Waals surface area (Å²) >= 11 is 0. The average molecular weight is 389 g/mol. The molecular weight excluding hydrogens is 366 g/mol. The molecule has 1 aromatic heterocycles. The van der Waals surface area contributed by atoms with Gasteiger partial charge in [0.05, 0.1) is 5.92 Å². The van der Waals surface area contributed by atoms with Crippen LogP contribution < -0.4 is 5.32 Å². The van der Waals surface area contributed by atoms with Gasteiger partial charge in [-0.15, -0.1) is 0 Å². The highest BCUT2D eigenvalue weighted by Gasteiger charge is 2.32. The highest BCUT2D eigenvalue weighted by Crippen LogP contribution is 2.28. The van der Waals surface area contributed by atoms with Gasteiger partial charge in [-0.3, -0.25) is 9.59 Å². The molecule has 2 heterocycles. The van der Waals surface area contributed by atoms with Crippen molar-refractivity contribution in [2.24, 2.45) is 5.92 Å². The van der Waals surface area contributed by atoms with Crippen molar-refractivity contribution in [1.29, 1.82) is 0 Å². The zero-order valence-electron chi connectivity index (χ0n) is 16.3. The van der Waals surface area contributed by atoms with E-state index in [4.69, 9.17) is 4.52 Å². The molecule has 6 heteroatoms. The van der Waals surface area contributed by atoms with Gasteiger partial charge in [0.15, 0.2) is 0 Å². The van der Waals surface area contributed by atoms with Crippen LogP contribution in [0.1, 0.15) is 29.0 Å². The largest absolute Gasteiger partial charge is 0.360 e. The predicted molar refractivity (Wildman–Crippen MR) is 110 cm³/mol. The van der Waals surface area contributed by atoms with E-state index in [0.29, 0.717) is 30.1 Å². The summed E-state index contributed by atoms with van der Waals surface area (Å²) in [6.07, 6.45) is 1.54. The van der Waals surface area contributed by atoms with Crippen molar-refractivity contribution in [3.8, 4) is 11.3 Å². The molecule has 148 valence electrons. The highest BCUT2D eigenvalue weighted by atomic mass is 16.5. The van der Waals surface area contributed by atoms with Crippen LogP contribution in [0, 0.1) is 12.8 Å². The fraction of sp³-hybridized carbons (Fsp3) is 0.261. The molecule has 1 aliphatic rings. The summed E-state index contributed by atoms with van der Waals surface area (Å²) in [4.78, 5) is 27.7. The van der Waals surface area contributed by atoms with E-state index in [-0.39, 0.29) is 17.7 Å². The topological polar surface area (TPSA) is 75.4 Å². The number of aromatic nitrogens is 1. The molecule has 0 saturated carbocycles. The van der Waals surface area contributed by atoms with Crippen LogP contribution in [0.3, 0.4) is 0 Å². The number of carbonyl (C=O) groups excluding carboxylic acids is 2. The molecule has 1 saturated heterocycles. The number of benzene rings is 2. The molecule has 0 bridgehead atoms. The zero-order valence-corrected chi connectivity index (χ0v) is 16.3. The lowest BCUT2D eigenvalue weighted by Crippen LogP contribution is -2.44. The quantitative estimate of drug-likeness (QED) is 0.728. The van der Waals surface area contributed by atoms with Crippen LogP contribution in [-0.2, 0) is 4.79 Å². The van der Waals surface area contributed by atoms with E-state index in [1.54, 1.807) is 11.8 Å². The molecule has 1 fully saturated rings. The third-order valence-electron chi connectivity index (χ3n) is 5.24. The number of amides is 2. The second kappa shape index (κ2) is 8.31. The Kier molecular flexibility index (Phi) is 5.42. The van der Waals surface area contributed by atoms with Crippen LogP contribution in [-0.4, -0.2) is 35.0 Å². The van der Waals surface area contributed by atoms with Gasteiger partial charge in [-0.25, -0.2) is 0 Å². The lowest BCUT2D eigenvalue weighted by Gasteiger charge is -2.32. The number of rotatable bonds is 4. The summed E-state index contributed by atoms with van der Waals surface area (Å²) in [6.45, 7) is 2.75. The summed E-state index contributed by atoms with van der Waals surface area (Å²) in [6, 6.07) is 18.9. The van der Waals surface area contributed by atoms with Gasteiger partial charge >= 0.3 is 0 Å². The van der Waals surface area contributed by atoms with Crippen molar-refractivity contribution in [2.45, 2.75) is 19.8 Å². The number of hydrogen-bond acceptors (Lipinski definition) is 4. The smallest absolute Gasteiger partial charge is 0.259 e. The van der Waals surface area contributed by atoms with E-state index in [1.807, 2.05) is 60.7 Å². The lowest BCUT2D eigenvalue weighted by atomic mass is 9.95. The molecule has 4 rings (SSSR count). The molecule has 1 unspecified atom stereocenters. The van der Waals surface area contributed by atoms with Gasteiger partial charge in [0.25, 0.3) is 5.91 Å². The predicted octanol–water partition coefficient (Wildman–Crippen LogP) is 4.14. The monoisotopic (exact) mass is 389 g/mol. The van der Waals surface area contributed by atoms with Crippen molar-refractivity contribution in [3.05, 3.63) is 72.0 Å². The normalized spacial score (nSPS) is 16.4. The first-order valence-corrected chi connectivity index (χ1v) is 9.80. The van der Waals surface area contributed by atoms with Crippen molar-refractivity contribution in [3.63, 3.8) is 0 Å². The Bertz CT molecular complexity index is 999. The first-order chi connectivity index (χ1) is 14.1. The van der Waals surface area contributed by atoms with Gasteiger partial charge in [-0.1, -0.05) is 53.7 Å². The van der Waals surface area contributed by atoms with E-state index in [9.17, 15) is 9.59 Å². The van der Waals surface area contributed by atoms with Crippen LogP contribution in [0.4, 0.5) is 5.69 Å². The molecule has 1 atom stereocenters. The number of nitrogens with one attached hydrogen (secondary N) is 1. The Balaban J connectivity index is 1.51. The number of aryl methyl sites for hydroxylation is 1. The van der Waals surface area contributed by atoms with Crippen molar-refractivity contribution < 1.29 is 14.1 Å². The summed E-state index contributed by atoms with van der Waals surface area (Å²) in [7, 11) is 0. The van der Waals surface area contributed by atoms with Gasteiger partial charge in [-0.05, 0) is 31.9 Å². The van der Waals surface area contributed by atoms with E-state index < -0.39 is 0 Å². The minimum atomic E-state index is -0.242. The Hall–Kier alpha value is -3.41. The first kappa shape index (κ1) is 18.9. The highest BCUT2D eigenvalue weighted by molar-refractivity contribution is 6.01. The van der Waals surface area contributed by atoms with E-state index in [0.717, 1.165) is 24.1 Å². The van der Waals surface area contributed by atoms with Crippen LogP contribution in [0.15, 0.2) is 65.2 Å². The second-order valence-electron chi connectivity index (χ2n) is 7.27. The van der Waals surface area contributed by atoms with E-state index >= 15 is 0 Å². The summed E-state index contributed by atoms with van der Waals surface area (Å²) < 4.78 is 5.34. The van der Waals surface area contributed by atoms with E-state index in [2.05, 4.69) is 10.5 Å². The maximum Gasteiger partial charge on any atom is 0.259 e. The number of anilines is 1. The van der Waals surface area contributed by atoms with Crippen LogP contribution >= 0.6 is 0 Å². The maximum absolute atomic E-state index is 13.3. The number of nitrogens with zero attached hydrogens (tertiary/aromatic N) is 2. The molecule has 3 aromatic rings. The van der Waals surface area contributed by atoms with Crippen LogP contribution in [0.2, 0.25) is 0 Å². The summed E-state index contributed by atoms with van der Waals surface area (Å²) in [5, 5.41) is 7.06. The molecule has 0 spiro atoms. The molecule has 0 radical (unpaired) electrons. The second-order valence-corrected chi connectivity index (χ2v) is 7.27. The first-order valence-electron chi connectivity index (χ1n) is 9.80. The summed E-state index contributed by atoms with van der Waals surface area (Å²) in [5.74, 6) is 0.0526. The Labute approximate surface area is 169 Å². The van der Waals surface area contributed by atoms with Crippen molar-refractivity contribution >= 4 is 17.5 Å². The fourth-order valence-electron chi connectivity index (χ4n) is 3.72. The number of carbonyl (C=O) groups is 2. The standard InChI is InChI=1S/C23H23N3O3/c1-16-20(21(25-29-16)17-9-4-2-5-10-17)23(28)26-14-8-11-18(15-26)22(27)24-19-12-6-3-7-13-19/h2-7,9-10,12-13,18H,8,11,14-15H2,1H3,(H,24,27). The van der Waals surface area contributed by atoms with Crippen molar-refractivity contribution in [2.75, 3.05) is 18.4 Å². The number of hydrogen-bond donors (Lipinski definition) is 1. The molecule has 0 aliphatic carbocycles. The fourth-order valence-corrected chi connectivity index (χ4v) is 3.72. The van der Waals surface area contributed by atoms with Gasteiger partial charge < -0.3 is 14.7 Å². The number of para-hydroxylation sites is 1. The molecular formula is C23H23N3O3. The van der Waals surface area contributed by atoms with Gasteiger partial charge in [0, 0.05) is 24.3 Å². The van der Waals surface area contributed by atoms with Crippen molar-refractivity contribution in [1.82, 2.24) is 10.1 Å². The maximum atomic E-state index is 13.3. The molecule has 1 aliphatic heterocycles. The minimum absolute atomic E-state index is 0.0565. The Morgan fingerprint density at radius 2 is 1.76 bits per heavy atom. The van der Waals surface area contributed by atoms with Gasteiger partial charge in [0.1, 0.15) is 17.0 Å². The number of piperidine rings is 1. The third-order valence-corrected chi connectivity index (χ3v) is 5.24. The van der Waals surface area contributed by atoms with Crippen LogP contribution in [0.5, 0.6) is 0 Å². The minimum Gasteiger partial charge on any atom is -0.360 e. The van der Waals surface area contributed by atoms with Gasteiger partial charge in [-0.2, -0.15) is 0 Å².